The van der Waals surface area contributed by atoms with Crippen molar-refractivity contribution in [1.29, 1.82) is 0 Å². The molecule has 0 aromatic heterocycles. The first-order chi connectivity index (χ1) is 6.61. The Morgan fingerprint density at radius 1 is 1.21 bits per heavy atom. The maximum absolute atomic E-state index is 11.0. The quantitative estimate of drug-likeness (QED) is 0.586. The largest absolute Gasteiger partial charge is 0.441 e. The highest BCUT2D eigenvalue weighted by atomic mass is 16.5. The van der Waals surface area contributed by atoms with Crippen LogP contribution in [0.25, 0.3) is 0 Å². The van der Waals surface area contributed by atoms with E-state index in [1.54, 1.807) is 19.1 Å². The highest BCUT2D eigenvalue weighted by Gasteiger charge is 2.04. The number of hydrogen-bond acceptors (Lipinski definition) is 3. The van der Waals surface area contributed by atoms with Gasteiger partial charge in [-0.1, -0.05) is 18.2 Å². The molecule has 0 radical (unpaired) electrons. The van der Waals surface area contributed by atoms with Gasteiger partial charge in [-0.2, -0.15) is 0 Å². The van der Waals surface area contributed by atoms with Crippen molar-refractivity contribution in [3.8, 4) is 5.75 Å². The molecule has 0 aliphatic heterocycles. The highest BCUT2D eigenvalue weighted by molar-refractivity contribution is 5.92. The minimum atomic E-state index is -0.0848. The summed E-state index contributed by atoms with van der Waals surface area (Å²) >= 11 is 0. The van der Waals surface area contributed by atoms with Gasteiger partial charge < -0.3 is 10.5 Å². The molecule has 14 heavy (non-hydrogen) atoms. The average molecular weight is 191 g/mol. The van der Waals surface area contributed by atoms with Crippen molar-refractivity contribution >= 4 is 5.78 Å². The van der Waals surface area contributed by atoms with Gasteiger partial charge in [-0.25, -0.2) is 0 Å². The zero-order chi connectivity index (χ0) is 10.6. The van der Waals surface area contributed by atoms with Crippen LogP contribution in [0.1, 0.15) is 13.8 Å². The van der Waals surface area contributed by atoms with Crippen LogP contribution in [-0.2, 0) is 4.79 Å². The average Bonchev–Trinajstić information content (AvgIpc) is 2.18. The normalized spacial score (nSPS) is 11.9. The summed E-state index contributed by atoms with van der Waals surface area (Å²) in [6, 6.07) is 9.11. The number of nitrogens with two attached hydrogens (primary N) is 1. The van der Waals surface area contributed by atoms with E-state index in [-0.39, 0.29) is 11.7 Å². The summed E-state index contributed by atoms with van der Waals surface area (Å²) in [4.78, 5) is 11.0. The second kappa shape index (κ2) is 4.46. The molecule has 0 unspecified atom stereocenters. The van der Waals surface area contributed by atoms with Crippen molar-refractivity contribution in [2.75, 3.05) is 0 Å². The second-order valence-corrected chi connectivity index (χ2v) is 2.96. The second-order valence-electron chi connectivity index (χ2n) is 2.96. The zero-order valence-electron chi connectivity index (χ0n) is 8.28. The Balaban J connectivity index is 2.80. The van der Waals surface area contributed by atoms with Crippen molar-refractivity contribution in [2.24, 2.45) is 5.73 Å². The van der Waals surface area contributed by atoms with Crippen LogP contribution in [0.5, 0.6) is 5.75 Å². The van der Waals surface area contributed by atoms with Crippen LogP contribution < -0.4 is 10.5 Å². The fourth-order valence-corrected chi connectivity index (χ4v) is 0.866. The molecular formula is C11H13NO2. The van der Waals surface area contributed by atoms with E-state index in [4.69, 9.17) is 10.5 Å². The molecule has 0 spiro atoms. The van der Waals surface area contributed by atoms with Gasteiger partial charge in [0, 0.05) is 0 Å². The molecule has 74 valence electrons. The summed E-state index contributed by atoms with van der Waals surface area (Å²) in [5, 5.41) is 0. The third kappa shape index (κ3) is 2.62. The van der Waals surface area contributed by atoms with E-state index in [0.29, 0.717) is 11.3 Å². The van der Waals surface area contributed by atoms with Crippen LogP contribution in [0, 0.1) is 0 Å². The summed E-state index contributed by atoms with van der Waals surface area (Å²) in [7, 11) is 0. The number of hydrogen-bond donors (Lipinski definition) is 1. The summed E-state index contributed by atoms with van der Waals surface area (Å²) in [6.45, 7) is 3.09. The minimum Gasteiger partial charge on any atom is -0.441 e. The molecule has 0 saturated carbocycles. The van der Waals surface area contributed by atoms with Gasteiger partial charge in [-0.3, -0.25) is 4.79 Å². The molecule has 1 aromatic rings. The van der Waals surface area contributed by atoms with Crippen LogP contribution in [0.2, 0.25) is 0 Å². The third-order valence-corrected chi connectivity index (χ3v) is 1.87. The van der Waals surface area contributed by atoms with E-state index in [0.717, 1.165) is 0 Å². The van der Waals surface area contributed by atoms with Gasteiger partial charge in [-0.05, 0) is 26.0 Å². The number of benzene rings is 1. The Morgan fingerprint density at radius 3 is 2.29 bits per heavy atom. The Kier molecular flexibility index (Phi) is 3.29. The van der Waals surface area contributed by atoms with Gasteiger partial charge in [0.1, 0.15) is 5.75 Å². The first-order valence-electron chi connectivity index (χ1n) is 4.31. The predicted octanol–water partition coefficient (Wildman–Crippen LogP) is 1.84. The summed E-state index contributed by atoms with van der Waals surface area (Å²) in [6.07, 6.45) is 0. The van der Waals surface area contributed by atoms with Gasteiger partial charge in [-0.15, -0.1) is 0 Å². The Morgan fingerprint density at radius 2 is 1.79 bits per heavy atom. The van der Waals surface area contributed by atoms with Gasteiger partial charge >= 0.3 is 0 Å². The molecule has 0 fully saturated rings. The first kappa shape index (κ1) is 10.3. The van der Waals surface area contributed by atoms with Crippen LogP contribution in [0.4, 0.5) is 0 Å². The van der Waals surface area contributed by atoms with Crippen molar-refractivity contribution in [3.63, 3.8) is 0 Å². The number of para-hydroxylation sites is 1. The molecule has 3 heteroatoms. The summed E-state index contributed by atoms with van der Waals surface area (Å²) in [5.74, 6) is 0.702. The molecule has 0 atom stereocenters. The van der Waals surface area contributed by atoms with Gasteiger partial charge in [0.05, 0.1) is 5.57 Å². The molecule has 1 rings (SSSR count). The van der Waals surface area contributed by atoms with Gasteiger partial charge in [0.25, 0.3) is 0 Å². The van der Waals surface area contributed by atoms with Crippen molar-refractivity contribution in [2.45, 2.75) is 13.8 Å². The maximum atomic E-state index is 11.0. The number of ether oxygens (including phenoxy) is 1. The van der Waals surface area contributed by atoms with E-state index in [1.807, 2.05) is 18.2 Å². The molecule has 0 aliphatic carbocycles. The lowest BCUT2D eigenvalue weighted by molar-refractivity contribution is -0.113. The van der Waals surface area contributed by atoms with E-state index in [1.165, 1.54) is 6.92 Å². The monoisotopic (exact) mass is 191 g/mol. The van der Waals surface area contributed by atoms with Crippen molar-refractivity contribution in [1.82, 2.24) is 0 Å². The SMILES string of the molecule is CC(=O)C(C)=C(N)Oc1ccccc1. The zero-order valence-corrected chi connectivity index (χ0v) is 8.28. The van der Waals surface area contributed by atoms with E-state index in [2.05, 4.69) is 0 Å². The van der Waals surface area contributed by atoms with Crippen molar-refractivity contribution in [3.05, 3.63) is 41.8 Å². The van der Waals surface area contributed by atoms with E-state index >= 15 is 0 Å². The lowest BCUT2D eigenvalue weighted by Gasteiger charge is -2.06. The summed E-state index contributed by atoms with van der Waals surface area (Å²) < 4.78 is 5.27. The smallest absolute Gasteiger partial charge is 0.197 e. The Bertz CT molecular complexity index is 355. The summed E-state index contributed by atoms with van der Waals surface area (Å²) in [5.41, 5.74) is 6.03. The molecule has 0 saturated heterocycles. The van der Waals surface area contributed by atoms with Gasteiger partial charge in [0.15, 0.2) is 11.7 Å². The standard InChI is InChI=1S/C11H13NO2/c1-8(9(2)13)11(12)14-10-6-4-3-5-7-10/h3-7H,12H2,1-2H3. The lowest BCUT2D eigenvalue weighted by Crippen LogP contribution is -2.12. The van der Waals surface area contributed by atoms with Crippen molar-refractivity contribution < 1.29 is 9.53 Å². The van der Waals surface area contributed by atoms with E-state index in [9.17, 15) is 4.79 Å². The number of carbonyl (C=O) groups is 1. The van der Waals surface area contributed by atoms with Gasteiger partial charge in [0.2, 0.25) is 0 Å². The third-order valence-electron chi connectivity index (χ3n) is 1.87. The number of Topliss-reactive ketones (excluding diaryl/α,β-unsaturated/α-hetero) is 1. The fourth-order valence-electron chi connectivity index (χ4n) is 0.866. The maximum Gasteiger partial charge on any atom is 0.197 e. The number of allylic oxidation sites excluding steroid dienone is 1. The highest BCUT2D eigenvalue weighted by Crippen LogP contribution is 2.12. The molecule has 0 amide bonds. The van der Waals surface area contributed by atoms with Crippen LogP contribution in [-0.4, -0.2) is 5.78 Å². The molecule has 0 heterocycles. The number of ketones is 1. The number of rotatable bonds is 3. The minimum absolute atomic E-state index is 0.0848. The molecule has 2 N–H and O–H groups in total. The number of carbonyl (C=O) groups excluding carboxylic acids is 1. The van der Waals surface area contributed by atoms with Crippen LogP contribution in [0.15, 0.2) is 41.8 Å². The van der Waals surface area contributed by atoms with Crippen LogP contribution >= 0.6 is 0 Å². The molecule has 3 nitrogen and oxygen atoms in total. The Labute approximate surface area is 83.2 Å². The molecule has 1 aromatic carbocycles. The molecule has 0 aliphatic rings. The van der Waals surface area contributed by atoms with Crippen LogP contribution in [0.3, 0.4) is 0 Å². The Hall–Kier alpha value is -1.77. The predicted molar refractivity (Wildman–Crippen MR) is 54.6 cm³/mol. The fraction of sp³-hybridized carbons (Fsp3) is 0.182. The van der Waals surface area contributed by atoms with E-state index < -0.39 is 0 Å². The first-order valence-corrected chi connectivity index (χ1v) is 4.31. The molecule has 0 bridgehead atoms. The molecular weight excluding hydrogens is 178 g/mol. The lowest BCUT2D eigenvalue weighted by atomic mass is 10.2. The topological polar surface area (TPSA) is 52.3 Å².